The Morgan fingerprint density at radius 1 is 1.35 bits per heavy atom. The molecule has 8 nitrogen and oxygen atoms in total. The van der Waals surface area contributed by atoms with Crippen molar-refractivity contribution in [2.45, 2.75) is 19.5 Å². The van der Waals surface area contributed by atoms with E-state index in [0.717, 1.165) is 0 Å². The predicted molar refractivity (Wildman–Crippen MR) is 101 cm³/mol. The van der Waals surface area contributed by atoms with Gasteiger partial charge in [-0.2, -0.15) is 0 Å². The first kappa shape index (κ1) is 19.7. The minimum absolute atomic E-state index is 0.0626. The number of nitrogens with two attached hydrogens (primary N) is 1. The van der Waals surface area contributed by atoms with Crippen molar-refractivity contribution in [3.8, 4) is 22.8 Å². The Bertz CT molecular complexity index is 904. The van der Waals surface area contributed by atoms with Crippen LogP contribution in [0.5, 0.6) is 11.5 Å². The van der Waals surface area contributed by atoms with Crippen LogP contribution in [0.15, 0.2) is 29.1 Å². The maximum Gasteiger partial charge on any atom is 0.252 e. The summed E-state index contributed by atoms with van der Waals surface area (Å²) in [5, 5.41) is 2.72. The van der Waals surface area contributed by atoms with Crippen LogP contribution in [-0.4, -0.2) is 42.3 Å². The Hall–Kier alpha value is -2.65. The van der Waals surface area contributed by atoms with E-state index in [1.807, 2.05) is 0 Å². The molecule has 2 rings (SSSR count). The highest BCUT2D eigenvalue weighted by molar-refractivity contribution is 7.71. The first-order valence-corrected chi connectivity index (χ1v) is 8.35. The van der Waals surface area contributed by atoms with Gasteiger partial charge >= 0.3 is 0 Å². The summed E-state index contributed by atoms with van der Waals surface area (Å²) in [6.07, 6.45) is 0. The SMILES string of the molecule is COc1ccc(-c2cc(=O)[nH]c(=S)n2CC(=O)NC[C@H](C)N)c(OC)c1. The molecule has 1 heterocycles. The van der Waals surface area contributed by atoms with E-state index in [1.165, 1.54) is 17.7 Å². The number of nitrogens with one attached hydrogen (secondary N) is 2. The smallest absolute Gasteiger partial charge is 0.252 e. The molecule has 0 aliphatic rings. The average molecular weight is 378 g/mol. The number of hydrogen-bond donors (Lipinski definition) is 3. The molecule has 0 saturated carbocycles. The van der Waals surface area contributed by atoms with Crippen LogP contribution < -0.4 is 26.1 Å². The molecule has 1 aromatic heterocycles. The molecule has 26 heavy (non-hydrogen) atoms. The summed E-state index contributed by atoms with van der Waals surface area (Å²) in [4.78, 5) is 26.7. The average Bonchev–Trinajstić information content (AvgIpc) is 2.61. The number of rotatable bonds is 7. The number of methoxy groups -OCH3 is 2. The van der Waals surface area contributed by atoms with E-state index in [1.54, 1.807) is 32.2 Å². The van der Waals surface area contributed by atoms with Gasteiger partial charge in [-0.3, -0.25) is 14.6 Å². The van der Waals surface area contributed by atoms with Crippen LogP contribution in [0.25, 0.3) is 11.3 Å². The van der Waals surface area contributed by atoms with Crippen LogP contribution >= 0.6 is 12.2 Å². The Morgan fingerprint density at radius 3 is 2.69 bits per heavy atom. The van der Waals surface area contributed by atoms with E-state index in [9.17, 15) is 9.59 Å². The largest absolute Gasteiger partial charge is 0.497 e. The summed E-state index contributed by atoms with van der Waals surface area (Å²) in [6.45, 7) is 2.07. The topological polar surface area (TPSA) is 111 Å². The number of nitrogens with zero attached hydrogens (tertiary/aromatic N) is 1. The molecule has 0 saturated heterocycles. The van der Waals surface area contributed by atoms with Gasteiger partial charge in [-0.1, -0.05) is 0 Å². The van der Waals surface area contributed by atoms with Gasteiger partial charge in [0.1, 0.15) is 18.0 Å². The van der Waals surface area contributed by atoms with E-state index in [4.69, 9.17) is 27.4 Å². The number of H-pyrrole nitrogens is 1. The van der Waals surface area contributed by atoms with Crippen molar-refractivity contribution in [2.24, 2.45) is 5.73 Å². The molecule has 1 aromatic carbocycles. The van der Waals surface area contributed by atoms with Crippen molar-refractivity contribution in [3.63, 3.8) is 0 Å². The van der Waals surface area contributed by atoms with Gasteiger partial charge in [-0.05, 0) is 31.3 Å². The van der Waals surface area contributed by atoms with Gasteiger partial charge in [0.25, 0.3) is 5.56 Å². The van der Waals surface area contributed by atoms with Gasteiger partial charge in [0.05, 0.1) is 19.9 Å². The Labute approximate surface area is 155 Å². The van der Waals surface area contributed by atoms with Crippen LogP contribution in [0, 0.1) is 4.77 Å². The van der Waals surface area contributed by atoms with Gasteiger partial charge in [-0.15, -0.1) is 0 Å². The minimum Gasteiger partial charge on any atom is -0.497 e. The summed E-state index contributed by atoms with van der Waals surface area (Å²) >= 11 is 5.25. The van der Waals surface area contributed by atoms with Crippen molar-refractivity contribution in [2.75, 3.05) is 20.8 Å². The zero-order valence-corrected chi connectivity index (χ0v) is 15.7. The normalized spacial score (nSPS) is 11.7. The maximum absolute atomic E-state index is 12.2. The van der Waals surface area contributed by atoms with Crippen LogP contribution in [0.1, 0.15) is 6.92 Å². The molecule has 4 N–H and O–H groups in total. The molecule has 0 spiro atoms. The lowest BCUT2D eigenvalue weighted by atomic mass is 10.1. The molecule has 0 aliphatic heterocycles. The Balaban J connectivity index is 2.51. The summed E-state index contributed by atoms with van der Waals surface area (Å²) in [5.74, 6) is 0.837. The number of carbonyl (C=O) groups excluding carboxylic acids is 1. The van der Waals surface area contributed by atoms with Crippen LogP contribution in [0.3, 0.4) is 0 Å². The van der Waals surface area contributed by atoms with Crippen molar-refractivity contribution in [1.29, 1.82) is 0 Å². The molecule has 140 valence electrons. The van der Waals surface area contributed by atoms with Crippen molar-refractivity contribution < 1.29 is 14.3 Å². The van der Waals surface area contributed by atoms with E-state index in [0.29, 0.717) is 29.3 Å². The second kappa shape index (κ2) is 8.63. The van der Waals surface area contributed by atoms with E-state index < -0.39 is 0 Å². The molecule has 0 bridgehead atoms. The monoisotopic (exact) mass is 378 g/mol. The lowest BCUT2D eigenvalue weighted by Gasteiger charge is -2.16. The third-order valence-corrected chi connectivity index (χ3v) is 3.96. The Morgan fingerprint density at radius 2 is 2.08 bits per heavy atom. The fourth-order valence-electron chi connectivity index (χ4n) is 2.39. The second-order valence-electron chi connectivity index (χ2n) is 5.76. The standard InChI is InChI=1S/C17H22N4O4S/c1-10(18)8-19-16(23)9-21-13(7-15(22)20-17(21)26)12-5-4-11(24-2)6-14(12)25-3/h4-7,10H,8-9,18H2,1-3H3,(H,19,23)(H,20,22,26)/t10-/m0/s1. The molecule has 9 heteroatoms. The quantitative estimate of drug-likeness (QED) is 0.621. The Kier molecular flexibility index (Phi) is 6.53. The predicted octanol–water partition coefficient (Wildman–Crippen LogP) is 1.05. The van der Waals surface area contributed by atoms with E-state index in [-0.39, 0.29) is 28.8 Å². The number of ether oxygens (including phenoxy) is 2. The number of hydrogen-bond acceptors (Lipinski definition) is 6. The molecule has 2 aromatic rings. The summed E-state index contributed by atoms with van der Waals surface area (Å²) in [7, 11) is 3.06. The van der Waals surface area contributed by atoms with E-state index in [2.05, 4.69) is 10.3 Å². The lowest BCUT2D eigenvalue weighted by molar-refractivity contribution is -0.121. The number of benzene rings is 1. The van der Waals surface area contributed by atoms with Crippen LogP contribution in [-0.2, 0) is 11.3 Å². The highest BCUT2D eigenvalue weighted by Gasteiger charge is 2.15. The van der Waals surface area contributed by atoms with Gasteiger partial charge < -0.3 is 25.1 Å². The number of carbonyl (C=O) groups is 1. The fraction of sp³-hybridized carbons (Fsp3) is 0.353. The highest BCUT2D eigenvalue weighted by atomic mass is 32.1. The molecular weight excluding hydrogens is 356 g/mol. The zero-order chi connectivity index (χ0) is 19.3. The molecular formula is C17H22N4O4S. The molecule has 0 fully saturated rings. The first-order valence-electron chi connectivity index (χ1n) is 7.94. The van der Waals surface area contributed by atoms with Crippen molar-refractivity contribution in [3.05, 3.63) is 39.4 Å². The minimum atomic E-state index is -0.366. The highest BCUT2D eigenvalue weighted by Crippen LogP contribution is 2.32. The van der Waals surface area contributed by atoms with Gasteiger partial charge in [0.2, 0.25) is 5.91 Å². The third kappa shape index (κ3) is 4.70. The maximum atomic E-state index is 12.2. The number of aromatic amines is 1. The van der Waals surface area contributed by atoms with Gasteiger partial charge in [0.15, 0.2) is 4.77 Å². The lowest BCUT2D eigenvalue weighted by Crippen LogP contribution is -2.37. The molecule has 0 aliphatic carbocycles. The van der Waals surface area contributed by atoms with Gasteiger partial charge in [0, 0.05) is 30.3 Å². The third-order valence-electron chi connectivity index (χ3n) is 3.64. The first-order chi connectivity index (χ1) is 12.3. The van der Waals surface area contributed by atoms with Crippen LogP contribution in [0.4, 0.5) is 0 Å². The van der Waals surface area contributed by atoms with E-state index >= 15 is 0 Å². The summed E-state index contributed by atoms with van der Waals surface area (Å²) < 4.78 is 12.3. The number of aromatic nitrogens is 2. The molecule has 0 radical (unpaired) electrons. The zero-order valence-electron chi connectivity index (χ0n) is 14.9. The fourth-order valence-corrected chi connectivity index (χ4v) is 2.65. The summed E-state index contributed by atoms with van der Waals surface area (Å²) in [6, 6.07) is 6.39. The van der Waals surface area contributed by atoms with Gasteiger partial charge in [-0.25, -0.2) is 0 Å². The second-order valence-corrected chi connectivity index (χ2v) is 6.14. The van der Waals surface area contributed by atoms with Crippen LogP contribution in [0.2, 0.25) is 0 Å². The summed E-state index contributed by atoms with van der Waals surface area (Å²) in [5.41, 5.74) is 6.37. The molecule has 0 unspecified atom stereocenters. The van der Waals surface area contributed by atoms with Crippen molar-refractivity contribution in [1.82, 2.24) is 14.9 Å². The van der Waals surface area contributed by atoms with Crippen molar-refractivity contribution >= 4 is 18.1 Å². The number of amides is 1. The molecule has 1 amide bonds. The molecule has 1 atom stereocenters.